The van der Waals surface area contributed by atoms with Crippen molar-refractivity contribution in [1.29, 1.82) is 0 Å². The molecule has 3 N–H and O–H groups in total. The Morgan fingerprint density at radius 3 is 2.52 bits per heavy atom. The average Bonchev–Trinajstić information content (AvgIpc) is 2.40. The predicted octanol–water partition coefficient (Wildman–Crippen LogP) is 4.40. The van der Waals surface area contributed by atoms with Crippen molar-refractivity contribution in [2.24, 2.45) is 0 Å². The summed E-state index contributed by atoms with van der Waals surface area (Å²) in [5.41, 5.74) is 0.894. The zero-order valence-electron chi connectivity index (χ0n) is 10.6. The zero-order chi connectivity index (χ0) is 15.4. The molecule has 0 aliphatic heterocycles. The van der Waals surface area contributed by atoms with Crippen molar-refractivity contribution in [2.45, 2.75) is 0 Å². The Balaban J connectivity index is 2.15. The minimum absolute atomic E-state index is 0.0475. The van der Waals surface area contributed by atoms with Gasteiger partial charge in [0.15, 0.2) is 0 Å². The molecule has 0 saturated heterocycles. The fraction of sp³-hybridized carbons (Fsp3) is 0. The summed E-state index contributed by atoms with van der Waals surface area (Å²) in [5.74, 6) is -1.09. The summed E-state index contributed by atoms with van der Waals surface area (Å²) in [5, 5.41) is 14.3. The van der Waals surface area contributed by atoms with Gasteiger partial charge in [-0.15, -0.1) is 0 Å². The topological polar surface area (TPSA) is 78.4 Å². The standard InChI is InChI=1S/C14H10BrIN2O3/c15-8-2-1-3-10(6-8)17-14(21)18-12-5-4-9(16)7-11(12)13(19)20/h1-7H,(H,19,20)(H2,17,18,21). The van der Waals surface area contributed by atoms with Crippen LogP contribution in [-0.2, 0) is 0 Å². The molecule has 7 heteroatoms. The highest BCUT2D eigenvalue weighted by molar-refractivity contribution is 14.1. The van der Waals surface area contributed by atoms with Gasteiger partial charge in [0.1, 0.15) is 0 Å². The minimum Gasteiger partial charge on any atom is -0.478 e. The summed E-state index contributed by atoms with van der Waals surface area (Å²) in [7, 11) is 0. The maximum atomic E-state index is 11.9. The molecule has 0 radical (unpaired) electrons. The number of carboxylic acid groups (broad SMARTS) is 1. The van der Waals surface area contributed by atoms with Crippen LogP contribution >= 0.6 is 38.5 Å². The van der Waals surface area contributed by atoms with Gasteiger partial charge in [-0.05, 0) is 59.0 Å². The number of urea groups is 1. The first kappa shape index (κ1) is 15.8. The number of benzene rings is 2. The number of carboxylic acids is 1. The maximum absolute atomic E-state index is 11.9. The van der Waals surface area contributed by atoms with Gasteiger partial charge in [0.2, 0.25) is 0 Å². The van der Waals surface area contributed by atoms with Crippen molar-refractivity contribution < 1.29 is 14.7 Å². The molecule has 21 heavy (non-hydrogen) atoms. The van der Waals surface area contributed by atoms with E-state index in [0.29, 0.717) is 5.69 Å². The Bertz CT molecular complexity index is 706. The fourth-order valence-electron chi connectivity index (χ4n) is 1.65. The molecule has 2 rings (SSSR count). The number of carbonyl (C=O) groups is 2. The summed E-state index contributed by atoms with van der Waals surface area (Å²) >= 11 is 5.32. The lowest BCUT2D eigenvalue weighted by Crippen LogP contribution is -2.21. The number of hydrogen-bond acceptors (Lipinski definition) is 2. The van der Waals surface area contributed by atoms with Gasteiger partial charge >= 0.3 is 12.0 Å². The molecule has 0 aliphatic rings. The third-order valence-electron chi connectivity index (χ3n) is 2.54. The molecule has 0 atom stereocenters. The molecular formula is C14H10BrIN2O3. The molecule has 108 valence electrons. The molecule has 2 aromatic carbocycles. The number of aromatic carboxylic acids is 1. The van der Waals surface area contributed by atoms with E-state index in [1.165, 1.54) is 6.07 Å². The first-order chi connectivity index (χ1) is 9.95. The Morgan fingerprint density at radius 2 is 1.86 bits per heavy atom. The van der Waals surface area contributed by atoms with Crippen LogP contribution in [0.2, 0.25) is 0 Å². The molecule has 2 aromatic rings. The molecule has 0 aliphatic carbocycles. The number of anilines is 2. The predicted molar refractivity (Wildman–Crippen MR) is 92.9 cm³/mol. The van der Waals surface area contributed by atoms with Crippen LogP contribution in [0.4, 0.5) is 16.2 Å². The van der Waals surface area contributed by atoms with Crippen LogP contribution in [0.3, 0.4) is 0 Å². The Hall–Kier alpha value is -1.61. The van der Waals surface area contributed by atoms with E-state index >= 15 is 0 Å². The number of carbonyl (C=O) groups excluding carboxylic acids is 1. The highest BCUT2D eigenvalue weighted by Crippen LogP contribution is 2.20. The van der Waals surface area contributed by atoms with Gasteiger partial charge in [-0.3, -0.25) is 0 Å². The summed E-state index contributed by atoms with van der Waals surface area (Å²) in [4.78, 5) is 23.1. The molecule has 0 saturated carbocycles. The van der Waals surface area contributed by atoms with Gasteiger partial charge in [0.05, 0.1) is 11.3 Å². The minimum atomic E-state index is -1.09. The maximum Gasteiger partial charge on any atom is 0.337 e. The smallest absolute Gasteiger partial charge is 0.337 e. The number of halogens is 2. The van der Waals surface area contributed by atoms with Gasteiger partial charge in [-0.25, -0.2) is 9.59 Å². The Morgan fingerprint density at radius 1 is 1.10 bits per heavy atom. The van der Waals surface area contributed by atoms with E-state index in [1.54, 1.807) is 30.3 Å². The number of amides is 2. The average molecular weight is 461 g/mol. The monoisotopic (exact) mass is 460 g/mol. The van der Waals surface area contributed by atoms with E-state index < -0.39 is 12.0 Å². The molecule has 0 aromatic heterocycles. The normalized spacial score (nSPS) is 10.0. The van der Waals surface area contributed by atoms with Crippen LogP contribution in [0.1, 0.15) is 10.4 Å². The molecular weight excluding hydrogens is 451 g/mol. The highest BCUT2D eigenvalue weighted by atomic mass is 127. The van der Waals surface area contributed by atoms with Crippen LogP contribution in [0.5, 0.6) is 0 Å². The van der Waals surface area contributed by atoms with Gasteiger partial charge in [0.25, 0.3) is 0 Å². The number of hydrogen-bond donors (Lipinski definition) is 3. The summed E-state index contributed by atoms with van der Waals surface area (Å²) in [6.45, 7) is 0. The van der Waals surface area contributed by atoms with Crippen LogP contribution < -0.4 is 10.6 Å². The Kier molecular flexibility index (Phi) is 5.18. The van der Waals surface area contributed by atoms with E-state index in [2.05, 4.69) is 26.6 Å². The lowest BCUT2D eigenvalue weighted by Gasteiger charge is -2.10. The first-order valence-corrected chi connectivity index (χ1v) is 7.69. The SMILES string of the molecule is O=C(Nc1cccc(Br)c1)Nc1ccc(I)cc1C(=O)O. The fourth-order valence-corrected chi connectivity index (χ4v) is 2.54. The van der Waals surface area contributed by atoms with Crippen LogP contribution in [0.25, 0.3) is 0 Å². The Labute approximate surface area is 143 Å². The van der Waals surface area contributed by atoms with E-state index in [4.69, 9.17) is 5.11 Å². The van der Waals surface area contributed by atoms with Crippen molar-refractivity contribution in [1.82, 2.24) is 0 Å². The summed E-state index contributed by atoms with van der Waals surface area (Å²) in [6.07, 6.45) is 0. The van der Waals surface area contributed by atoms with Crippen LogP contribution in [0.15, 0.2) is 46.9 Å². The molecule has 0 heterocycles. The summed E-state index contributed by atoms with van der Waals surface area (Å²) in [6, 6.07) is 11.4. The van der Waals surface area contributed by atoms with Gasteiger partial charge < -0.3 is 15.7 Å². The quantitative estimate of drug-likeness (QED) is 0.594. The second-order valence-corrected chi connectivity index (χ2v) is 6.25. The molecule has 0 spiro atoms. The molecule has 0 bridgehead atoms. The summed E-state index contributed by atoms with van der Waals surface area (Å²) < 4.78 is 1.61. The largest absolute Gasteiger partial charge is 0.478 e. The van der Waals surface area contributed by atoms with E-state index in [9.17, 15) is 9.59 Å². The molecule has 2 amide bonds. The number of rotatable bonds is 3. The molecule has 0 unspecified atom stereocenters. The van der Waals surface area contributed by atoms with Gasteiger partial charge in [0, 0.05) is 13.7 Å². The third-order valence-corrected chi connectivity index (χ3v) is 3.71. The molecule has 5 nitrogen and oxygen atoms in total. The molecule has 0 fully saturated rings. The first-order valence-electron chi connectivity index (χ1n) is 5.82. The van der Waals surface area contributed by atoms with Crippen molar-refractivity contribution in [3.05, 3.63) is 56.1 Å². The van der Waals surface area contributed by atoms with E-state index in [1.807, 2.05) is 28.7 Å². The lowest BCUT2D eigenvalue weighted by atomic mass is 10.2. The van der Waals surface area contributed by atoms with Crippen molar-refractivity contribution in [2.75, 3.05) is 10.6 Å². The lowest BCUT2D eigenvalue weighted by molar-refractivity contribution is 0.0698. The van der Waals surface area contributed by atoms with Crippen LogP contribution in [-0.4, -0.2) is 17.1 Å². The zero-order valence-corrected chi connectivity index (χ0v) is 14.3. The van der Waals surface area contributed by atoms with Crippen molar-refractivity contribution in [3.8, 4) is 0 Å². The van der Waals surface area contributed by atoms with Gasteiger partial charge in [-0.1, -0.05) is 22.0 Å². The van der Waals surface area contributed by atoms with Gasteiger partial charge in [-0.2, -0.15) is 0 Å². The second-order valence-electron chi connectivity index (χ2n) is 4.08. The third kappa shape index (κ3) is 4.43. The highest BCUT2D eigenvalue weighted by Gasteiger charge is 2.13. The number of nitrogens with one attached hydrogen (secondary N) is 2. The second kappa shape index (κ2) is 6.90. The van der Waals surface area contributed by atoms with Crippen LogP contribution in [0, 0.1) is 3.57 Å². The van der Waals surface area contributed by atoms with E-state index in [-0.39, 0.29) is 11.3 Å². The van der Waals surface area contributed by atoms with Crippen molar-refractivity contribution in [3.63, 3.8) is 0 Å². The van der Waals surface area contributed by atoms with Crippen molar-refractivity contribution >= 4 is 61.9 Å². The van der Waals surface area contributed by atoms with E-state index in [0.717, 1.165) is 8.04 Å².